The van der Waals surface area contributed by atoms with Gasteiger partial charge < -0.3 is 0 Å². The fourth-order valence-electron chi connectivity index (χ4n) is 2.51. The molecule has 15 heavy (non-hydrogen) atoms. The summed E-state index contributed by atoms with van der Waals surface area (Å²) in [5, 5.41) is 0. The standard InChI is InChI=1S/C15H22/c1-3-4-5-13-6-8-14(9-7-13)15-10-12(2)11-15/h6-9,12,15H,3-5,10-11H2,1-2H3. The van der Waals surface area contributed by atoms with Crippen LogP contribution in [0.2, 0.25) is 0 Å². The smallest absolute Gasteiger partial charge is 0.0157 e. The van der Waals surface area contributed by atoms with Crippen LogP contribution in [0.25, 0.3) is 0 Å². The van der Waals surface area contributed by atoms with Crippen LogP contribution in [0.5, 0.6) is 0 Å². The third-order valence-corrected chi connectivity index (χ3v) is 3.64. The molecule has 0 nitrogen and oxygen atoms in total. The average molecular weight is 202 g/mol. The van der Waals surface area contributed by atoms with Crippen molar-refractivity contribution in [3.05, 3.63) is 35.4 Å². The normalized spacial score (nSPS) is 24.9. The van der Waals surface area contributed by atoms with Crippen LogP contribution in [0.1, 0.15) is 56.6 Å². The topological polar surface area (TPSA) is 0 Å². The Balaban J connectivity index is 1.92. The molecule has 1 saturated carbocycles. The molecule has 0 atom stereocenters. The summed E-state index contributed by atoms with van der Waals surface area (Å²) in [5.74, 6) is 1.81. The maximum Gasteiger partial charge on any atom is -0.0157 e. The van der Waals surface area contributed by atoms with E-state index >= 15 is 0 Å². The summed E-state index contributed by atoms with van der Waals surface area (Å²) < 4.78 is 0. The fraction of sp³-hybridized carbons (Fsp3) is 0.600. The zero-order valence-corrected chi connectivity index (χ0v) is 10.00. The van der Waals surface area contributed by atoms with Crippen LogP contribution in [0.4, 0.5) is 0 Å². The number of rotatable bonds is 4. The van der Waals surface area contributed by atoms with Crippen LogP contribution >= 0.6 is 0 Å². The Bertz CT molecular complexity index is 290. The van der Waals surface area contributed by atoms with Gasteiger partial charge in [-0.1, -0.05) is 44.5 Å². The first-order valence-electron chi connectivity index (χ1n) is 6.38. The predicted octanol–water partition coefficient (Wildman–Crippen LogP) is 4.54. The van der Waals surface area contributed by atoms with Gasteiger partial charge in [0.05, 0.1) is 0 Å². The summed E-state index contributed by atoms with van der Waals surface area (Å²) in [6, 6.07) is 9.35. The number of unbranched alkanes of at least 4 members (excludes halogenated alkanes) is 1. The van der Waals surface area contributed by atoms with Gasteiger partial charge in [-0.05, 0) is 48.6 Å². The lowest BCUT2D eigenvalue weighted by Gasteiger charge is -2.33. The van der Waals surface area contributed by atoms with Crippen molar-refractivity contribution in [2.24, 2.45) is 5.92 Å². The molecule has 0 heterocycles. The Morgan fingerprint density at radius 1 is 1.13 bits per heavy atom. The Morgan fingerprint density at radius 3 is 2.33 bits per heavy atom. The van der Waals surface area contributed by atoms with Crippen molar-refractivity contribution in [3.63, 3.8) is 0 Å². The average Bonchev–Trinajstić information content (AvgIpc) is 2.23. The van der Waals surface area contributed by atoms with Crippen molar-refractivity contribution in [2.75, 3.05) is 0 Å². The Labute approximate surface area is 93.7 Å². The van der Waals surface area contributed by atoms with Gasteiger partial charge in [0.2, 0.25) is 0 Å². The number of aryl methyl sites for hydroxylation is 1. The van der Waals surface area contributed by atoms with Crippen molar-refractivity contribution in [1.29, 1.82) is 0 Å². The second-order valence-corrected chi connectivity index (χ2v) is 5.12. The molecule has 0 bridgehead atoms. The molecule has 0 unspecified atom stereocenters. The Morgan fingerprint density at radius 2 is 1.80 bits per heavy atom. The Kier molecular flexibility index (Phi) is 3.45. The number of benzene rings is 1. The van der Waals surface area contributed by atoms with Gasteiger partial charge in [0.1, 0.15) is 0 Å². The van der Waals surface area contributed by atoms with E-state index < -0.39 is 0 Å². The van der Waals surface area contributed by atoms with Gasteiger partial charge in [0, 0.05) is 0 Å². The maximum absolute atomic E-state index is 2.35. The zero-order valence-electron chi connectivity index (χ0n) is 10.00. The minimum atomic E-state index is 0.861. The van der Waals surface area contributed by atoms with Gasteiger partial charge in [0.25, 0.3) is 0 Å². The van der Waals surface area contributed by atoms with Crippen LogP contribution in [0, 0.1) is 5.92 Å². The molecule has 0 aliphatic heterocycles. The first-order chi connectivity index (χ1) is 7.29. The lowest BCUT2D eigenvalue weighted by molar-refractivity contribution is 0.288. The van der Waals surface area contributed by atoms with E-state index in [2.05, 4.69) is 38.1 Å². The molecule has 0 amide bonds. The van der Waals surface area contributed by atoms with E-state index in [1.165, 1.54) is 37.7 Å². The molecule has 0 N–H and O–H groups in total. The summed E-state index contributed by atoms with van der Waals surface area (Å²) in [4.78, 5) is 0. The van der Waals surface area contributed by atoms with Crippen LogP contribution < -0.4 is 0 Å². The molecule has 0 saturated heterocycles. The molecule has 1 aliphatic carbocycles. The van der Waals surface area contributed by atoms with Crippen LogP contribution in [0.3, 0.4) is 0 Å². The quantitative estimate of drug-likeness (QED) is 0.672. The summed E-state index contributed by atoms with van der Waals surface area (Å²) in [6.45, 7) is 4.61. The Hall–Kier alpha value is -0.780. The monoisotopic (exact) mass is 202 g/mol. The van der Waals surface area contributed by atoms with Crippen LogP contribution in [-0.4, -0.2) is 0 Å². The molecule has 0 spiro atoms. The van der Waals surface area contributed by atoms with Crippen molar-refractivity contribution < 1.29 is 0 Å². The molecule has 0 aromatic heterocycles. The zero-order chi connectivity index (χ0) is 10.7. The molecular formula is C15H22. The maximum atomic E-state index is 2.35. The third-order valence-electron chi connectivity index (χ3n) is 3.64. The van der Waals surface area contributed by atoms with E-state index in [9.17, 15) is 0 Å². The summed E-state index contributed by atoms with van der Waals surface area (Å²) >= 11 is 0. The highest BCUT2D eigenvalue weighted by molar-refractivity contribution is 5.27. The SMILES string of the molecule is CCCCc1ccc(C2CC(C)C2)cc1. The van der Waals surface area contributed by atoms with E-state index in [1.54, 1.807) is 5.56 Å². The second kappa shape index (κ2) is 4.83. The molecule has 2 rings (SSSR count). The molecule has 1 fully saturated rings. The summed E-state index contributed by atoms with van der Waals surface area (Å²) in [5.41, 5.74) is 3.07. The highest BCUT2D eigenvalue weighted by Gasteiger charge is 2.26. The van der Waals surface area contributed by atoms with Gasteiger partial charge in [-0.25, -0.2) is 0 Å². The lowest BCUT2D eigenvalue weighted by Crippen LogP contribution is -2.18. The van der Waals surface area contributed by atoms with Gasteiger partial charge in [-0.2, -0.15) is 0 Å². The van der Waals surface area contributed by atoms with Gasteiger partial charge >= 0.3 is 0 Å². The minimum Gasteiger partial charge on any atom is -0.0654 e. The molecule has 0 radical (unpaired) electrons. The van der Waals surface area contributed by atoms with Crippen LogP contribution in [0.15, 0.2) is 24.3 Å². The highest BCUT2D eigenvalue weighted by Crippen LogP contribution is 2.41. The van der Waals surface area contributed by atoms with E-state index in [0.717, 1.165) is 11.8 Å². The molecule has 0 heteroatoms. The van der Waals surface area contributed by atoms with Gasteiger partial charge in [-0.15, -0.1) is 0 Å². The predicted molar refractivity (Wildman–Crippen MR) is 66.2 cm³/mol. The number of hydrogen-bond acceptors (Lipinski definition) is 0. The first kappa shape index (κ1) is 10.7. The van der Waals surface area contributed by atoms with Crippen molar-refractivity contribution in [2.45, 2.75) is 51.9 Å². The molecule has 1 aromatic carbocycles. The van der Waals surface area contributed by atoms with Crippen molar-refractivity contribution in [3.8, 4) is 0 Å². The fourth-order valence-corrected chi connectivity index (χ4v) is 2.51. The van der Waals surface area contributed by atoms with E-state index in [1.807, 2.05) is 0 Å². The van der Waals surface area contributed by atoms with Gasteiger partial charge in [0.15, 0.2) is 0 Å². The highest BCUT2D eigenvalue weighted by atomic mass is 14.3. The van der Waals surface area contributed by atoms with Crippen molar-refractivity contribution >= 4 is 0 Å². The van der Waals surface area contributed by atoms with E-state index in [4.69, 9.17) is 0 Å². The largest absolute Gasteiger partial charge is 0.0654 e. The molecule has 1 aliphatic rings. The molecule has 1 aromatic rings. The molecule has 82 valence electrons. The minimum absolute atomic E-state index is 0.861. The summed E-state index contributed by atoms with van der Waals surface area (Å²) in [6.07, 6.45) is 6.65. The van der Waals surface area contributed by atoms with E-state index in [0.29, 0.717) is 0 Å². The summed E-state index contributed by atoms with van der Waals surface area (Å²) in [7, 11) is 0. The second-order valence-electron chi connectivity index (χ2n) is 5.12. The van der Waals surface area contributed by atoms with E-state index in [-0.39, 0.29) is 0 Å². The third kappa shape index (κ3) is 2.62. The van der Waals surface area contributed by atoms with Crippen LogP contribution in [-0.2, 0) is 6.42 Å². The van der Waals surface area contributed by atoms with Crippen molar-refractivity contribution in [1.82, 2.24) is 0 Å². The molecular weight excluding hydrogens is 180 g/mol. The number of hydrogen-bond donors (Lipinski definition) is 0. The lowest BCUT2D eigenvalue weighted by atomic mass is 9.72. The first-order valence-corrected chi connectivity index (χ1v) is 6.38. The van der Waals surface area contributed by atoms with Gasteiger partial charge in [-0.3, -0.25) is 0 Å².